The molecule has 1 heteroatoms. The number of nitrogens with zero attached hydrogens (tertiary/aromatic N) is 1. The zero-order valence-corrected chi connectivity index (χ0v) is 5.22. The first-order valence-electron chi connectivity index (χ1n) is 3.41. The monoisotopic (exact) mass is 109 g/mol. The van der Waals surface area contributed by atoms with Crippen molar-refractivity contribution in [3.63, 3.8) is 0 Å². The summed E-state index contributed by atoms with van der Waals surface area (Å²) in [6, 6.07) is 0. The molecule has 1 aliphatic heterocycles. The average molecular weight is 109 g/mol. The first-order chi connectivity index (χ1) is 3.88. The number of hydrogen-bond acceptors (Lipinski definition) is 1. The summed E-state index contributed by atoms with van der Waals surface area (Å²) in [6.45, 7) is 3.42. The zero-order chi connectivity index (χ0) is 5.56. The summed E-state index contributed by atoms with van der Waals surface area (Å²) in [6.07, 6.45) is 2.85. The van der Waals surface area contributed by atoms with Gasteiger partial charge in [0.05, 0.1) is 6.54 Å². The van der Waals surface area contributed by atoms with Crippen LogP contribution in [0.2, 0.25) is 0 Å². The van der Waals surface area contributed by atoms with Gasteiger partial charge in [-0.3, -0.25) is 4.99 Å². The second-order valence-corrected chi connectivity index (χ2v) is 2.97. The molecule has 44 valence electrons. The summed E-state index contributed by atoms with van der Waals surface area (Å²) in [5, 5.41) is 0. The van der Waals surface area contributed by atoms with Gasteiger partial charge in [0.25, 0.3) is 0 Å². The Balaban J connectivity index is 1.97. The first-order valence-corrected chi connectivity index (χ1v) is 3.41. The molecule has 0 saturated heterocycles. The van der Waals surface area contributed by atoms with E-state index in [-0.39, 0.29) is 0 Å². The highest BCUT2D eigenvalue weighted by molar-refractivity contribution is 5.99. The summed E-state index contributed by atoms with van der Waals surface area (Å²) >= 11 is 0. The predicted octanol–water partition coefficient (Wildman–Crippen LogP) is 1.49. The molecular formula is C7H11N. The van der Waals surface area contributed by atoms with Gasteiger partial charge in [0, 0.05) is 11.6 Å². The molecule has 8 heavy (non-hydrogen) atoms. The third-order valence-corrected chi connectivity index (χ3v) is 2.39. The minimum atomic E-state index is 0.912. The average Bonchev–Trinajstić information content (AvgIpc) is 2.46. The van der Waals surface area contributed by atoms with Gasteiger partial charge in [-0.15, -0.1) is 0 Å². The summed E-state index contributed by atoms with van der Waals surface area (Å²) in [7, 11) is 0. The van der Waals surface area contributed by atoms with Crippen LogP contribution in [0, 0.1) is 11.8 Å². The predicted molar refractivity (Wildman–Crippen MR) is 34.2 cm³/mol. The molecule has 2 atom stereocenters. The summed E-state index contributed by atoms with van der Waals surface area (Å²) in [5.41, 5.74) is 1.50. The van der Waals surface area contributed by atoms with Gasteiger partial charge >= 0.3 is 0 Å². The molecule has 1 fully saturated rings. The first kappa shape index (κ1) is 4.54. The Morgan fingerprint density at radius 3 is 2.38 bits per heavy atom. The fraction of sp³-hybridized carbons (Fsp3) is 0.857. The molecule has 0 N–H and O–H groups in total. The molecule has 2 aliphatic rings. The van der Waals surface area contributed by atoms with Crippen molar-refractivity contribution in [2.75, 3.05) is 6.54 Å². The molecule has 1 saturated carbocycles. The molecule has 0 aromatic heterocycles. The van der Waals surface area contributed by atoms with Crippen LogP contribution in [-0.2, 0) is 0 Å². The second kappa shape index (κ2) is 1.34. The van der Waals surface area contributed by atoms with Crippen molar-refractivity contribution < 1.29 is 0 Å². The Labute approximate surface area is 49.8 Å². The van der Waals surface area contributed by atoms with Gasteiger partial charge in [-0.25, -0.2) is 0 Å². The van der Waals surface area contributed by atoms with E-state index in [0.29, 0.717) is 0 Å². The van der Waals surface area contributed by atoms with Gasteiger partial charge < -0.3 is 0 Å². The van der Waals surface area contributed by atoms with Crippen LogP contribution in [0.15, 0.2) is 4.99 Å². The van der Waals surface area contributed by atoms with Gasteiger partial charge in [0.15, 0.2) is 0 Å². The third-order valence-electron chi connectivity index (χ3n) is 2.39. The molecule has 0 aromatic rings. The minimum Gasteiger partial charge on any atom is -0.286 e. The molecule has 2 unspecified atom stereocenters. The summed E-state index contributed by atoms with van der Waals surface area (Å²) < 4.78 is 0. The van der Waals surface area contributed by atoms with Crippen molar-refractivity contribution in [2.24, 2.45) is 16.8 Å². The lowest BCUT2D eigenvalue weighted by atomic mass is 9.73. The van der Waals surface area contributed by atoms with Gasteiger partial charge in [0.2, 0.25) is 0 Å². The summed E-state index contributed by atoms with van der Waals surface area (Å²) in [4.78, 5) is 4.19. The Bertz CT molecular complexity index is 137. The lowest BCUT2D eigenvalue weighted by molar-refractivity contribution is 0.275. The zero-order valence-electron chi connectivity index (χ0n) is 5.22. The van der Waals surface area contributed by atoms with Gasteiger partial charge in [-0.1, -0.05) is 6.92 Å². The van der Waals surface area contributed by atoms with Crippen LogP contribution >= 0.6 is 0 Å². The molecule has 0 spiro atoms. The van der Waals surface area contributed by atoms with Crippen molar-refractivity contribution in [3.05, 3.63) is 0 Å². The van der Waals surface area contributed by atoms with E-state index < -0.39 is 0 Å². The highest BCUT2D eigenvalue weighted by atomic mass is 14.9. The van der Waals surface area contributed by atoms with Gasteiger partial charge in [0.1, 0.15) is 0 Å². The van der Waals surface area contributed by atoms with Crippen LogP contribution in [0.3, 0.4) is 0 Å². The molecule has 0 amide bonds. The molecule has 0 radical (unpaired) electrons. The van der Waals surface area contributed by atoms with Crippen molar-refractivity contribution in [1.82, 2.24) is 0 Å². The summed E-state index contributed by atoms with van der Waals surface area (Å²) in [5.74, 6) is 1.87. The fourth-order valence-electron chi connectivity index (χ4n) is 1.44. The third kappa shape index (κ3) is 0.504. The Hall–Kier alpha value is -0.330. The van der Waals surface area contributed by atoms with Crippen LogP contribution in [0.1, 0.15) is 19.8 Å². The molecule has 2 rings (SSSR count). The number of aliphatic imine (C=N–C) groups is 1. The smallest absolute Gasteiger partial charge is 0.0771 e. The highest BCUT2D eigenvalue weighted by Gasteiger charge is 2.34. The van der Waals surface area contributed by atoms with E-state index in [0.717, 1.165) is 18.4 Å². The van der Waals surface area contributed by atoms with E-state index in [9.17, 15) is 0 Å². The maximum atomic E-state index is 4.19. The van der Waals surface area contributed by atoms with E-state index in [1.807, 2.05) is 0 Å². The Morgan fingerprint density at radius 2 is 2.25 bits per heavy atom. The second-order valence-electron chi connectivity index (χ2n) is 2.97. The standard InChI is InChI=1S/C7H11N/c1-5-2-3-6(5)7-4-8-7/h5-6H,2-4H2,1H3. The Kier molecular flexibility index (Phi) is 0.758. The van der Waals surface area contributed by atoms with E-state index in [2.05, 4.69) is 11.9 Å². The Morgan fingerprint density at radius 1 is 1.50 bits per heavy atom. The van der Waals surface area contributed by atoms with Crippen molar-refractivity contribution in [2.45, 2.75) is 19.8 Å². The van der Waals surface area contributed by atoms with E-state index in [4.69, 9.17) is 0 Å². The van der Waals surface area contributed by atoms with E-state index in [1.54, 1.807) is 0 Å². The number of rotatable bonds is 1. The van der Waals surface area contributed by atoms with Crippen molar-refractivity contribution in [1.29, 1.82) is 0 Å². The lowest BCUT2D eigenvalue weighted by Crippen LogP contribution is -2.26. The van der Waals surface area contributed by atoms with E-state index in [1.165, 1.54) is 18.6 Å². The molecule has 1 aliphatic carbocycles. The molecule has 0 aromatic carbocycles. The van der Waals surface area contributed by atoms with Crippen molar-refractivity contribution in [3.8, 4) is 0 Å². The maximum absolute atomic E-state index is 4.19. The van der Waals surface area contributed by atoms with Crippen LogP contribution in [0.25, 0.3) is 0 Å². The van der Waals surface area contributed by atoms with Gasteiger partial charge in [-0.05, 0) is 18.8 Å². The van der Waals surface area contributed by atoms with Crippen LogP contribution in [-0.4, -0.2) is 12.3 Å². The molecule has 0 bridgehead atoms. The minimum absolute atomic E-state index is 0.912. The maximum Gasteiger partial charge on any atom is 0.0771 e. The van der Waals surface area contributed by atoms with Gasteiger partial charge in [-0.2, -0.15) is 0 Å². The van der Waals surface area contributed by atoms with Crippen LogP contribution in [0.4, 0.5) is 0 Å². The molecule has 1 nitrogen and oxygen atoms in total. The normalized spacial score (nSPS) is 42.9. The topological polar surface area (TPSA) is 12.4 Å². The number of hydrogen-bond donors (Lipinski definition) is 0. The fourth-order valence-corrected chi connectivity index (χ4v) is 1.44. The molecule has 1 heterocycles. The lowest BCUT2D eigenvalue weighted by Gasteiger charge is -2.30. The van der Waals surface area contributed by atoms with E-state index >= 15 is 0 Å². The van der Waals surface area contributed by atoms with Crippen molar-refractivity contribution >= 4 is 5.71 Å². The quantitative estimate of drug-likeness (QED) is 0.483. The highest BCUT2D eigenvalue weighted by Crippen LogP contribution is 2.37. The largest absolute Gasteiger partial charge is 0.286 e. The van der Waals surface area contributed by atoms with Crippen LogP contribution in [0.5, 0.6) is 0 Å². The van der Waals surface area contributed by atoms with Crippen LogP contribution < -0.4 is 0 Å². The SMILES string of the molecule is CC1CCC1C1=NC1. The molecular weight excluding hydrogens is 98.1 g/mol.